The number of benzene rings is 1. The van der Waals surface area contributed by atoms with Crippen LogP contribution >= 0.6 is 0 Å². The number of amides is 1. The molecule has 0 bridgehead atoms. The lowest BCUT2D eigenvalue weighted by Gasteiger charge is -2.24. The lowest BCUT2D eigenvalue weighted by atomic mass is 9.94. The molecule has 27 heavy (non-hydrogen) atoms. The number of aryl methyl sites for hydroxylation is 1. The number of carboxylic acid groups (broad SMARTS) is 1. The molecular formula is C21H25N3O3. The molecule has 0 spiro atoms. The first-order chi connectivity index (χ1) is 13.0. The molecular weight excluding hydrogens is 342 g/mol. The van der Waals surface area contributed by atoms with Crippen molar-refractivity contribution < 1.29 is 14.7 Å². The van der Waals surface area contributed by atoms with Crippen molar-refractivity contribution >= 4 is 11.9 Å². The second-order valence-corrected chi connectivity index (χ2v) is 7.76. The van der Waals surface area contributed by atoms with Crippen molar-refractivity contribution in [3.8, 4) is 5.69 Å². The minimum absolute atomic E-state index is 0.101. The van der Waals surface area contributed by atoms with Crippen LogP contribution in [0, 0.1) is 25.7 Å². The Kier molecular flexibility index (Phi) is 4.50. The number of fused-ring (bicyclic) bond motifs is 1. The molecule has 6 nitrogen and oxygen atoms in total. The van der Waals surface area contributed by atoms with Crippen molar-refractivity contribution in [3.05, 3.63) is 47.3 Å². The molecule has 1 aromatic heterocycles. The predicted molar refractivity (Wildman–Crippen MR) is 101 cm³/mol. The molecule has 2 aromatic rings. The fourth-order valence-electron chi connectivity index (χ4n) is 4.88. The molecule has 3 unspecified atom stereocenters. The van der Waals surface area contributed by atoms with Gasteiger partial charge in [0, 0.05) is 17.8 Å². The van der Waals surface area contributed by atoms with Crippen molar-refractivity contribution in [2.75, 3.05) is 6.54 Å². The SMILES string of the molecule is Cc1nn(-c2ccccc2)c(C)c1CC(=O)N1CC2CCCC2C1C(=O)O. The van der Waals surface area contributed by atoms with E-state index in [0.717, 1.165) is 41.9 Å². The van der Waals surface area contributed by atoms with Crippen LogP contribution < -0.4 is 0 Å². The summed E-state index contributed by atoms with van der Waals surface area (Å²) in [7, 11) is 0. The summed E-state index contributed by atoms with van der Waals surface area (Å²) in [4.78, 5) is 26.5. The molecule has 1 aliphatic heterocycles. The quantitative estimate of drug-likeness (QED) is 0.902. The number of hydrogen-bond donors (Lipinski definition) is 1. The van der Waals surface area contributed by atoms with E-state index in [1.165, 1.54) is 0 Å². The van der Waals surface area contributed by atoms with Gasteiger partial charge in [-0.1, -0.05) is 24.6 Å². The molecule has 1 aromatic carbocycles. The minimum atomic E-state index is -0.869. The largest absolute Gasteiger partial charge is 0.480 e. The first-order valence-electron chi connectivity index (χ1n) is 9.60. The van der Waals surface area contributed by atoms with E-state index < -0.39 is 12.0 Å². The molecule has 2 heterocycles. The molecule has 4 rings (SSSR count). The van der Waals surface area contributed by atoms with Crippen molar-refractivity contribution in [3.63, 3.8) is 0 Å². The average molecular weight is 367 g/mol. The smallest absolute Gasteiger partial charge is 0.326 e. The predicted octanol–water partition coefficient (Wildman–Crippen LogP) is 2.74. The molecule has 1 N–H and O–H groups in total. The van der Waals surface area contributed by atoms with Gasteiger partial charge in [0.1, 0.15) is 6.04 Å². The summed E-state index contributed by atoms with van der Waals surface area (Å²) >= 11 is 0. The average Bonchev–Trinajstić information content (AvgIpc) is 3.31. The van der Waals surface area contributed by atoms with Crippen molar-refractivity contribution in [1.82, 2.24) is 14.7 Å². The van der Waals surface area contributed by atoms with E-state index in [0.29, 0.717) is 12.5 Å². The third-order valence-corrected chi connectivity index (χ3v) is 6.23. The van der Waals surface area contributed by atoms with Crippen LogP contribution in [0.5, 0.6) is 0 Å². The topological polar surface area (TPSA) is 75.4 Å². The van der Waals surface area contributed by atoms with Gasteiger partial charge in [0.25, 0.3) is 0 Å². The zero-order valence-electron chi connectivity index (χ0n) is 15.8. The third kappa shape index (κ3) is 3.03. The van der Waals surface area contributed by atoms with Gasteiger partial charge < -0.3 is 10.0 Å². The molecule has 1 amide bonds. The number of carbonyl (C=O) groups excluding carboxylic acids is 1. The molecule has 1 saturated heterocycles. The maximum Gasteiger partial charge on any atom is 0.326 e. The van der Waals surface area contributed by atoms with E-state index in [2.05, 4.69) is 5.10 Å². The molecule has 2 aliphatic rings. The first kappa shape index (κ1) is 17.8. The van der Waals surface area contributed by atoms with Gasteiger partial charge in [0.15, 0.2) is 0 Å². The van der Waals surface area contributed by atoms with E-state index >= 15 is 0 Å². The molecule has 1 aliphatic carbocycles. The van der Waals surface area contributed by atoms with Gasteiger partial charge in [0.2, 0.25) is 5.91 Å². The summed E-state index contributed by atoms with van der Waals surface area (Å²) < 4.78 is 1.85. The van der Waals surface area contributed by atoms with Crippen molar-refractivity contribution in [2.45, 2.75) is 45.6 Å². The molecule has 2 fully saturated rings. The number of likely N-dealkylation sites (tertiary alicyclic amines) is 1. The van der Waals surface area contributed by atoms with Gasteiger partial charge in [-0.15, -0.1) is 0 Å². The molecule has 142 valence electrons. The Morgan fingerprint density at radius 1 is 1.19 bits per heavy atom. The number of nitrogens with zero attached hydrogens (tertiary/aromatic N) is 3. The fourth-order valence-corrected chi connectivity index (χ4v) is 4.88. The Bertz CT molecular complexity index is 874. The number of hydrogen-bond acceptors (Lipinski definition) is 3. The number of carboxylic acids is 1. The van der Waals surface area contributed by atoms with Crippen LogP contribution in [0.4, 0.5) is 0 Å². The van der Waals surface area contributed by atoms with Gasteiger partial charge in [-0.3, -0.25) is 4.79 Å². The number of rotatable bonds is 4. The number of carbonyl (C=O) groups is 2. The highest BCUT2D eigenvalue weighted by Gasteiger charge is 2.49. The maximum absolute atomic E-state index is 13.0. The van der Waals surface area contributed by atoms with Crippen LogP contribution in [0.2, 0.25) is 0 Å². The fraction of sp³-hybridized carbons (Fsp3) is 0.476. The van der Waals surface area contributed by atoms with Crippen LogP contribution in [0.15, 0.2) is 30.3 Å². The van der Waals surface area contributed by atoms with Crippen molar-refractivity contribution in [1.29, 1.82) is 0 Å². The first-order valence-corrected chi connectivity index (χ1v) is 9.60. The number of aliphatic carboxylic acids is 1. The number of aromatic nitrogens is 2. The van der Waals surface area contributed by atoms with Gasteiger partial charge in [-0.2, -0.15) is 5.10 Å². The highest BCUT2D eigenvalue weighted by molar-refractivity contribution is 5.86. The lowest BCUT2D eigenvalue weighted by molar-refractivity contribution is -0.149. The van der Waals surface area contributed by atoms with E-state index in [1.54, 1.807) is 4.90 Å². The van der Waals surface area contributed by atoms with E-state index in [9.17, 15) is 14.7 Å². The Morgan fingerprint density at radius 3 is 2.63 bits per heavy atom. The zero-order valence-corrected chi connectivity index (χ0v) is 15.8. The Hall–Kier alpha value is -2.63. The van der Waals surface area contributed by atoms with E-state index in [1.807, 2.05) is 48.9 Å². The molecule has 0 radical (unpaired) electrons. The molecule has 6 heteroatoms. The zero-order chi connectivity index (χ0) is 19.1. The maximum atomic E-state index is 13.0. The third-order valence-electron chi connectivity index (χ3n) is 6.23. The highest BCUT2D eigenvalue weighted by Crippen LogP contribution is 2.42. The van der Waals surface area contributed by atoms with Crippen LogP contribution in [-0.4, -0.2) is 44.3 Å². The summed E-state index contributed by atoms with van der Waals surface area (Å²) in [5, 5.41) is 14.3. The second-order valence-electron chi connectivity index (χ2n) is 7.76. The van der Waals surface area contributed by atoms with Crippen molar-refractivity contribution in [2.24, 2.45) is 11.8 Å². The summed E-state index contributed by atoms with van der Waals surface area (Å²) in [6.45, 7) is 4.44. The number of para-hydroxylation sites is 1. The van der Waals surface area contributed by atoms with Gasteiger partial charge in [0.05, 0.1) is 17.8 Å². The van der Waals surface area contributed by atoms with Crippen LogP contribution in [0.3, 0.4) is 0 Å². The Morgan fingerprint density at radius 2 is 1.93 bits per heavy atom. The van der Waals surface area contributed by atoms with Crippen LogP contribution in [-0.2, 0) is 16.0 Å². The summed E-state index contributed by atoms with van der Waals surface area (Å²) in [5.41, 5.74) is 3.59. The standard InChI is InChI=1S/C21H25N3O3/c1-13-18(14(2)24(22-13)16-8-4-3-5-9-16)11-19(25)23-12-15-7-6-10-17(15)20(23)21(26)27/h3-5,8-9,15,17,20H,6-7,10-12H2,1-2H3,(H,26,27). The Labute approximate surface area is 158 Å². The lowest BCUT2D eigenvalue weighted by Crippen LogP contribution is -2.44. The normalized spacial score (nSPS) is 24.2. The van der Waals surface area contributed by atoms with Crippen LogP contribution in [0.25, 0.3) is 5.69 Å². The van der Waals surface area contributed by atoms with Gasteiger partial charge >= 0.3 is 5.97 Å². The van der Waals surface area contributed by atoms with E-state index in [4.69, 9.17) is 0 Å². The van der Waals surface area contributed by atoms with E-state index in [-0.39, 0.29) is 18.2 Å². The molecule has 3 atom stereocenters. The summed E-state index contributed by atoms with van der Waals surface area (Å²) in [5.74, 6) is -0.522. The van der Waals surface area contributed by atoms with Gasteiger partial charge in [-0.05, 0) is 50.7 Å². The molecule has 1 saturated carbocycles. The summed E-state index contributed by atoms with van der Waals surface area (Å²) in [6.07, 6.45) is 3.22. The second kappa shape index (κ2) is 6.83. The van der Waals surface area contributed by atoms with Gasteiger partial charge in [-0.25, -0.2) is 9.48 Å². The Balaban J connectivity index is 1.58. The highest BCUT2D eigenvalue weighted by atomic mass is 16.4. The monoisotopic (exact) mass is 367 g/mol. The summed E-state index contributed by atoms with van der Waals surface area (Å²) in [6, 6.07) is 9.15. The minimum Gasteiger partial charge on any atom is -0.480 e. The van der Waals surface area contributed by atoms with Crippen LogP contribution in [0.1, 0.15) is 36.2 Å².